The van der Waals surface area contributed by atoms with Crippen molar-refractivity contribution in [2.75, 3.05) is 12.9 Å². The van der Waals surface area contributed by atoms with Gasteiger partial charge in [0.15, 0.2) is 9.84 Å². The highest BCUT2D eigenvalue weighted by molar-refractivity contribution is 7.90. The molecule has 0 spiro atoms. The molecule has 0 atom stereocenters. The molecular formula is C22H19ClN2O3S. The molecule has 5 nitrogen and oxygen atoms in total. The number of benzene rings is 2. The van der Waals surface area contributed by atoms with Crippen molar-refractivity contribution in [2.45, 2.75) is 11.8 Å². The molecule has 0 unspecified atom stereocenters. The van der Waals surface area contributed by atoms with Crippen LogP contribution in [-0.2, 0) is 9.84 Å². The molecule has 0 saturated heterocycles. The van der Waals surface area contributed by atoms with E-state index in [1.807, 2.05) is 43.3 Å². The molecule has 2 aromatic heterocycles. The number of rotatable bonds is 5. The highest BCUT2D eigenvalue weighted by atomic mass is 35.5. The SMILES string of the molecule is CCOc1cccc(-c2nn3cc(Cl)ccc3c2-c2ccc(S(C)(=O)=O)cc2)c1. The van der Waals surface area contributed by atoms with E-state index in [2.05, 4.69) is 0 Å². The first-order chi connectivity index (χ1) is 13.9. The van der Waals surface area contributed by atoms with E-state index in [4.69, 9.17) is 21.4 Å². The predicted molar refractivity (Wildman–Crippen MR) is 115 cm³/mol. The van der Waals surface area contributed by atoms with Crippen molar-refractivity contribution in [3.8, 4) is 28.1 Å². The van der Waals surface area contributed by atoms with Gasteiger partial charge in [0.1, 0.15) is 11.4 Å². The fourth-order valence-electron chi connectivity index (χ4n) is 3.28. The summed E-state index contributed by atoms with van der Waals surface area (Å²) >= 11 is 6.16. The number of hydrogen-bond acceptors (Lipinski definition) is 4. The molecule has 0 amide bonds. The maximum absolute atomic E-state index is 11.8. The lowest BCUT2D eigenvalue weighted by atomic mass is 9.99. The maximum Gasteiger partial charge on any atom is 0.175 e. The van der Waals surface area contributed by atoms with Crippen LogP contribution < -0.4 is 4.74 Å². The van der Waals surface area contributed by atoms with E-state index < -0.39 is 9.84 Å². The average Bonchev–Trinajstić information content (AvgIpc) is 3.06. The Bertz CT molecular complexity index is 1300. The van der Waals surface area contributed by atoms with Gasteiger partial charge in [-0.3, -0.25) is 0 Å². The normalized spacial score (nSPS) is 11.7. The minimum absolute atomic E-state index is 0.278. The Hall–Kier alpha value is -2.83. The largest absolute Gasteiger partial charge is 0.494 e. The molecule has 0 aliphatic carbocycles. The number of aromatic nitrogens is 2. The van der Waals surface area contributed by atoms with E-state index in [9.17, 15) is 8.42 Å². The summed E-state index contributed by atoms with van der Waals surface area (Å²) in [5.41, 5.74) is 4.30. The van der Waals surface area contributed by atoms with Crippen molar-refractivity contribution in [1.29, 1.82) is 0 Å². The van der Waals surface area contributed by atoms with Gasteiger partial charge in [-0.2, -0.15) is 5.10 Å². The van der Waals surface area contributed by atoms with Gasteiger partial charge < -0.3 is 4.74 Å². The number of hydrogen-bond donors (Lipinski definition) is 0. The van der Waals surface area contributed by atoms with Gasteiger partial charge in [-0.25, -0.2) is 12.9 Å². The van der Waals surface area contributed by atoms with Gasteiger partial charge in [-0.15, -0.1) is 0 Å². The van der Waals surface area contributed by atoms with Crippen LogP contribution >= 0.6 is 11.6 Å². The molecule has 0 fully saturated rings. The smallest absolute Gasteiger partial charge is 0.175 e. The van der Waals surface area contributed by atoms with E-state index >= 15 is 0 Å². The molecule has 0 saturated carbocycles. The lowest BCUT2D eigenvalue weighted by Crippen LogP contribution is -1.96. The van der Waals surface area contributed by atoms with Crippen LogP contribution in [0.4, 0.5) is 0 Å². The summed E-state index contributed by atoms with van der Waals surface area (Å²) in [5, 5.41) is 5.33. The van der Waals surface area contributed by atoms with Crippen LogP contribution in [-0.4, -0.2) is 30.9 Å². The van der Waals surface area contributed by atoms with Crippen molar-refractivity contribution >= 4 is 27.0 Å². The van der Waals surface area contributed by atoms with Crippen molar-refractivity contribution in [3.05, 3.63) is 71.9 Å². The highest BCUT2D eigenvalue weighted by Crippen LogP contribution is 2.37. The van der Waals surface area contributed by atoms with Gasteiger partial charge in [0.25, 0.3) is 0 Å². The van der Waals surface area contributed by atoms with Crippen molar-refractivity contribution in [3.63, 3.8) is 0 Å². The third kappa shape index (κ3) is 3.86. The van der Waals surface area contributed by atoms with E-state index in [-0.39, 0.29) is 4.90 Å². The maximum atomic E-state index is 11.8. The number of ether oxygens (including phenoxy) is 1. The van der Waals surface area contributed by atoms with Crippen LogP contribution in [0, 0.1) is 0 Å². The summed E-state index contributed by atoms with van der Waals surface area (Å²) in [7, 11) is -3.27. The Morgan fingerprint density at radius 3 is 2.48 bits per heavy atom. The van der Waals surface area contributed by atoms with Crippen LogP contribution in [0.1, 0.15) is 6.92 Å². The Kier molecular flexibility index (Phi) is 5.06. The molecule has 0 N–H and O–H groups in total. The van der Waals surface area contributed by atoms with E-state index in [1.165, 1.54) is 6.26 Å². The van der Waals surface area contributed by atoms with Crippen LogP contribution in [0.2, 0.25) is 5.02 Å². The number of fused-ring (bicyclic) bond motifs is 1. The third-order valence-electron chi connectivity index (χ3n) is 4.58. The van der Waals surface area contributed by atoms with Crippen molar-refractivity contribution < 1.29 is 13.2 Å². The monoisotopic (exact) mass is 426 g/mol. The second-order valence-corrected chi connectivity index (χ2v) is 9.11. The molecule has 148 valence electrons. The minimum atomic E-state index is -3.27. The summed E-state index contributed by atoms with van der Waals surface area (Å²) in [6.07, 6.45) is 2.95. The summed E-state index contributed by atoms with van der Waals surface area (Å²) < 4.78 is 31.0. The Morgan fingerprint density at radius 1 is 1.03 bits per heavy atom. The molecule has 0 aliphatic rings. The first-order valence-corrected chi connectivity index (χ1v) is 11.4. The summed E-state index contributed by atoms with van der Waals surface area (Å²) in [6.45, 7) is 2.51. The van der Waals surface area contributed by atoms with Crippen LogP contribution in [0.15, 0.2) is 71.8 Å². The first-order valence-electron chi connectivity index (χ1n) is 9.08. The van der Waals surface area contributed by atoms with Crippen LogP contribution in [0.5, 0.6) is 5.75 Å². The number of pyridine rings is 1. The van der Waals surface area contributed by atoms with Crippen molar-refractivity contribution in [2.24, 2.45) is 0 Å². The Morgan fingerprint density at radius 2 is 1.79 bits per heavy atom. The highest BCUT2D eigenvalue weighted by Gasteiger charge is 2.18. The Labute approximate surface area is 174 Å². The van der Waals surface area contributed by atoms with Gasteiger partial charge in [0.05, 0.1) is 22.0 Å². The van der Waals surface area contributed by atoms with Gasteiger partial charge in [0, 0.05) is 23.6 Å². The van der Waals surface area contributed by atoms with E-state index in [0.717, 1.165) is 33.7 Å². The molecule has 7 heteroatoms. The minimum Gasteiger partial charge on any atom is -0.494 e. The van der Waals surface area contributed by atoms with E-state index in [0.29, 0.717) is 11.6 Å². The lowest BCUT2D eigenvalue weighted by Gasteiger charge is -2.07. The van der Waals surface area contributed by atoms with Gasteiger partial charge in [-0.05, 0) is 48.9 Å². The Balaban J connectivity index is 1.95. The van der Waals surface area contributed by atoms with E-state index in [1.54, 1.807) is 35.0 Å². The zero-order valence-corrected chi connectivity index (χ0v) is 17.5. The predicted octanol–water partition coefficient (Wildman–Crippen LogP) is 5.12. The number of halogens is 1. The zero-order chi connectivity index (χ0) is 20.6. The second kappa shape index (κ2) is 7.54. The quantitative estimate of drug-likeness (QED) is 0.444. The molecule has 0 bridgehead atoms. The molecule has 29 heavy (non-hydrogen) atoms. The second-order valence-electron chi connectivity index (χ2n) is 6.66. The molecule has 4 aromatic rings. The summed E-state index contributed by atoms with van der Waals surface area (Å²) in [5.74, 6) is 0.762. The van der Waals surface area contributed by atoms with Crippen LogP contribution in [0.3, 0.4) is 0 Å². The molecular weight excluding hydrogens is 408 g/mol. The third-order valence-corrected chi connectivity index (χ3v) is 5.94. The number of sulfone groups is 1. The molecule has 2 heterocycles. The number of nitrogens with zero attached hydrogens (tertiary/aromatic N) is 2. The fraction of sp³-hybridized carbons (Fsp3) is 0.136. The van der Waals surface area contributed by atoms with Gasteiger partial charge >= 0.3 is 0 Å². The lowest BCUT2D eigenvalue weighted by molar-refractivity contribution is 0.340. The summed E-state index contributed by atoms with van der Waals surface area (Å²) in [4.78, 5) is 0.278. The van der Waals surface area contributed by atoms with Gasteiger partial charge in [0.2, 0.25) is 0 Å². The fourth-order valence-corrected chi connectivity index (χ4v) is 4.07. The first kappa shape index (κ1) is 19.5. The zero-order valence-electron chi connectivity index (χ0n) is 16.0. The molecule has 4 rings (SSSR count). The molecule has 0 radical (unpaired) electrons. The molecule has 0 aliphatic heterocycles. The summed E-state index contributed by atoms with van der Waals surface area (Å²) in [6, 6.07) is 18.3. The van der Waals surface area contributed by atoms with Crippen molar-refractivity contribution in [1.82, 2.24) is 9.61 Å². The molecule has 2 aromatic carbocycles. The average molecular weight is 427 g/mol. The standard InChI is InChI=1S/C22H19ClN2O3S/c1-3-28-18-6-4-5-16(13-18)22-21(20-12-9-17(23)14-25(20)24-22)15-7-10-19(11-8-15)29(2,26)27/h4-14H,3H2,1-2H3. The van der Waals surface area contributed by atoms with Gasteiger partial charge in [-0.1, -0.05) is 35.9 Å². The topological polar surface area (TPSA) is 60.7 Å². The van der Waals surface area contributed by atoms with Crippen LogP contribution in [0.25, 0.3) is 27.9 Å².